The molecule has 3 aromatic carbocycles. The standard InChI is InChI=1S/C30H33Cl3N4O7S/c1-18(2)15-34-30(39)20(4)35(16-21-7-10-24(32)25(33)12-21)29(38)17-36(27-13-22(31)8-11-28(27)44-5)45(42,43)23-9-6-19(3)26(14-23)37(40)41/h6-14,18,20H,15-17H2,1-5H3,(H,34,39). The maximum absolute atomic E-state index is 14.2. The predicted molar refractivity (Wildman–Crippen MR) is 175 cm³/mol. The van der Waals surface area contributed by atoms with Crippen LogP contribution in [-0.4, -0.2) is 56.3 Å². The number of rotatable bonds is 13. The molecule has 0 heterocycles. The van der Waals surface area contributed by atoms with Gasteiger partial charge in [0.05, 0.1) is 32.7 Å². The molecule has 15 heteroatoms. The number of hydrogen-bond acceptors (Lipinski definition) is 7. The highest BCUT2D eigenvalue weighted by Gasteiger charge is 2.35. The number of methoxy groups -OCH3 is 1. The van der Waals surface area contributed by atoms with E-state index in [1.807, 2.05) is 13.8 Å². The number of nitrogens with zero attached hydrogens (tertiary/aromatic N) is 3. The van der Waals surface area contributed by atoms with E-state index in [1.54, 1.807) is 18.2 Å². The molecule has 1 unspecified atom stereocenters. The van der Waals surface area contributed by atoms with Gasteiger partial charge in [-0.05, 0) is 61.7 Å². The van der Waals surface area contributed by atoms with Crippen molar-refractivity contribution >= 4 is 68.0 Å². The van der Waals surface area contributed by atoms with E-state index < -0.39 is 49.9 Å². The van der Waals surface area contributed by atoms with Gasteiger partial charge in [-0.15, -0.1) is 0 Å². The lowest BCUT2D eigenvalue weighted by atomic mass is 10.1. The van der Waals surface area contributed by atoms with Gasteiger partial charge in [0.15, 0.2) is 0 Å². The summed E-state index contributed by atoms with van der Waals surface area (Å²) in [4.78, 5) is 39.1. The Morgan fingerprint density at radius 2 is 1.69 bits per heavy atom. The molecule has 0 saturated heterocycles. The smallest absolute Gasteiger partial charge is 0.273 e. The van der Waals surface area contributed by atoms with Crippen LogP contribution in [0.25, 0.3) is 0 Å². The Bertz CT molecular complexity index is 1700. The zero-order valence-electron chi connectivity index (χ0n) is 25.2. The third-order valence-electron chi connectivity index (χ3n) is 6.84. The Morgan fingerprint density at radius 1 is 1.00 bits per heavy atom. The first-order valence-corrected chi connectivity index (χ1v) is 16.3. The van der Waals surface area contributed by atoms with Crippen LogP contribution in [0.5, 0.6) is 5.75 Å². The number of benzene rings is 3. The number of aryl methyl sites for hydroxylation is 1. The summed E-state index contributed by atoms with van der Waals surface area (Å²) in [5, 5.41) is 15.1. The quantitative estimate of drug-likeness (QED) is 0.164. The summed E-state index contributed by atoms with van der Waals surface area (Å²) in [7, 11) is -3.34. The van der Waals surface area contributed by atoms with E-state index in [9.17, 15) is 28.1 Å². The maximum atomic E-state index is 14.2. The topological polar surface area (TPSA) is 139 Å². The average Bonchev–Trinajstić information content (AvgIpc) is 2.98. The lowest BCUT2D eigenvalue weighted by molar-refractivity contribution is -0.385. The third-order valence-corrected chi connectivity index (χ3v) is 9.57. The van der Waals surface area contributed by atoms with E-state index in [-0.39, 0.29) is 39.5 Å². The SMILES string of the molecule is COc1ccc(Cl)cc1N(CC(=O)N(Cc1ccc(Cl)c(Cl)c1)C(C)C(=O)NCC(C)C)S(=O)(=O)c1ccc(C)c([N+](=O)[O-])c1. The van der Waals surface area contributed by atoms with Gasteiger partial charge in [-0.2, -0.15) is 0 Å². The second-order valence-electron chi connectivity index (χ2n) is 10.6. The first kappa shape index (κ1) is 35.9. The van der Waals surface area contributed by atoms with E-state index in [0.29, 0.717) is 17.1 Å². The second-order valence-corrected chi connectivity index (χ2v) is 13.7. The molecule has 3 rings (SSSR count). The van der Waals surface area contributed by atoms with Gasteiger partial charge in [-0.25, -0.2) is 8.42 Å². The molecule has 0 bridgehead atoms. The van der Waals surface area contributed by atoms with Gasteiger partial charge in [0.2, 0.25) is 11.8 Å². The zero-order chi connectivity index (χ0) is 33.6. The van der Waals surface area contributed by atoms with Gasteiger partial charge in [-0.3, -0.25) is 24.0 Å². The van der Waals surface area contributed by atoms with Crippen molar-refractivity contribution in [3.05, 3.63) is 90.9 Å². The molecule has 11 nitrogen and oxygen atoms in total. The molecule has 1 N–H and O–H groups in total. The summed E-state index contributed by atoms with van der Waals surface area (Å²) in [5.41, 5.74) is 0.270. The van der Waals surface area contributed by atoms with Crippen molar-refractivity contribution < 1.29 is 27.7 Å². The number of hydrogen-bond donors (Lipinski definition) is 1. The predicted octanol–water partition coefficient (Wildman–Crippen LogP) is 6.26. The average molecular weight is 700 g/mol. The molecular weight excluding hydrogens is 667 g/mol. The lowest BCUT2D eigenvalue weighted by Crippen LogP contribution is -2.51. The van der Waals surface area contributed by atoms with Gasteiger partial charge in [-0.1, -0.05) is 60.8 Å². The van der Waals surface area contributed by atoms with Crippen molar-refractivity contribution in [1.29, 1.82) is 0 Å². The first-order chi connectivity index (χ1) is 21.1. The maximum Gasteiger partial charge on any atom is 0.273 e. The number of sulfonamides is 1. The Labute approximate surface area is 277 Å². The van der Waals surface area contributed by atoms with Gasteiger partial charge >= 0.3 is 0 Å². The minimum Gasteiger partial charge on any atom is -0.495 e. The summed E-state index contributed by atoms with van der Waals surface area (Å²) >= 11 is 18.5. The first-order valence-electron chi connectivity index (χ1n) is 13.7. The van der Waals surface area contributed by atoms with Crippen molar-refractivity contribution in [3.8, 4) is 5.75 Å². The van der Waals surface area contributed by atoms with Crippen molar-refractivity contribution in [2.75, 3.05) is 24.5 Å². The van der Waals surface area contributed by atoms with Crippen LogP contribution in [0.15, 0.2) is 59.5 Å². The number of nitro benzene ring substituents is 1. The summed E-state index contributed by atoms with van der Waals surface area (Å²) in [6, 6.07) is 11.3. The van der Waals surface area contributed by atoms with Gasteiger partial charge in [0, 0.05) is 29.7 Å². The number of amides is 2. The number of carbonyl (C=O) groups excluding carboxylic acids is 2. The number of carbonyl (C=O) groups is 2. The minimum absolute atomic E-state index is 0.0659. The molecule has 2 amide bonds. The lowest BCUT2D eigenvalue weighted by Gasteiger charge is -2.32. The second kappa shape index (κ2) is 15.1. The van der Waals surface area contributed by atoms with Gasteiger partial charge < -0.3 is 15.0 Å². The van der Waals surface area contributed by atoms with E-state index >= 15 is 0 Å². The Hall–Kier alpha value is -3.58. The number of nitro groups is 1. The largest absolute Gasteiger partial charge is 0.495 e. The molecule has 0 spiro atoms. The van der Waals surface area contributed by atoms with E-state index in [0.717, 1.165) is 10.4 Å². The van der Waals surface area contributed by atoms with Gasteiger partial charge in [0.25, 0.3) is 15.7 Å². The minimum atomic E-state index is -4.65. The Kier molecular flexibility index (Phi) is 12.1. The van der Waals surface area contributed by atoms with Crippen LogP contribution in [0, 0.1) is 23.0 Å². The van der Waals surface area contributed by atoms with Crippen LogP contribution in [0.3, 0.4) is 0 Å². The molecule has 0 radical (unpaired) electrons. The summed E-state index contributed by atoms with van der Waals surface area (Å²) in [6.45, 7) is 6.24. The highest BCUT2D eigenvalue weighted by atomic mass is 35.5. The fraction of sp³-hybridized carbons (Fsp3) is 0.333. The summed E-state index contributed by atoms with van der Waals surface area (Å²) in [6.07, 6.45) is 0. The van der Waals surface area contributed by atoms with E-state index in [4.69, 9.17) is 39.5 Å². The van der Waals surface area contributed by atoms with Crippen molar-refractivity contribution in [1.82, 2.24) is 10.2 Å². The molecule has 1 atom stereocenters. The Morgan fingerprint density at radius 3 is 2.29 bits per heavy atom. The van der Waals surface area contributed by atoms with Crippen molar-refractivity contribution in [2.45, 2.75) is 45.2 Å². The highest BCUT2D eigenvalue weighted by molar-refractivity contribution is 7.92. The van der Waals surface area contributed by atoms with Crippen LogP contribution in [0.1, 0.15) is 31.9 Å². The van der Waals surface area contributed by atoms with Crippen LogP contribution in [-0.2, 0) is 26.2 Å². The molecule has 0 aromatic heterocycles. The number of nitrogens with one attached hydrogen (secondary N) is 1. The van der Waals surface area contributed by atoms with Crippen molar-refractivity contribution in [3.63, 3.8) is 0 Å². The van der Waals surface area contributed by atoms with E-state index in [2.05, 4.69) is 5.32 Å². The van der Waals surface area contributed by atoms with Crippen LogP contribution in [0.2, 0.25) is 15.1 Å². The number of anilines is 1. The van der Waals surface area contributed by atoms with Crippen LogP contribution >= 0.6 is 34.8 Å². The molecule has 0 aliphatic rings. The summed E-state index contributed by atoms with van der Waals surface area (Å²) in [5.74, 6) is -1.02. The molecule has 3 aromatic rings. The van der Waals surface area contributed by atoms with Crippen molar-refractivity contribution in [2.24, 2.45) is 5.92 Å². The fourth-order valence-corrected chi connectivity index (χ4v) is 6.24. The van der Waals surface area contributed by atoms with Crippen LogP contribution < -0.4 is 14.4 Å². The third kappa shape index (κ3) is 8.78. The molecule has 0 saturated carbocycles. The Balaban J connectivity index is 2.16. The van der Waals surface area contributed by atoms with Gasteiger partial charge in [0.1, 0.15) is 18.3 Å². The number of halogens is 3. The monoisotopic (exact) mass is 698 g/mol. The van der Waals surface area contributed by atoms with Crippen LogP contribution in [0.4, 0.5) is 11.4 Å². The zero-order valence-corrected chi connectivity index (χ0v) is 28.3. The molecular formula is C30H33Cl3N4O7S. The molecule has 242 valence electrons. The molecule has 0 fully saturated rings. The number of ether oxygens (including phenoxy) is 1. The molecule has 0 aliphatic carbocycles. The molecule has 45 heavy (non-hydrogen) atoms. The van der Waals surface area contributed by atoms with E-state index in [1.165, 1.54) is 56.2 Å². The molecule has 0 aliphatic heterocycles. The highest BCUT2D eigenvalue weighted by Crippen LogP contribution is 2.36. The summed E-state index contributed by atoms with van der Waals surface area (Å²) < 4.78 is 34.6. The fourth-order valence-electron chi connectivity index (χ4n) is 4.31. The normalized spacial score (nSPS) is 12.0.